The molecule has 0 aliphatic heterocycles. The Bertz CT molecular complexity index is 223. The molecule has 1 nitrogen and oxygen atoms in total. The normalized spacial score (nSPS) is 9.64. The van der Waals surface area contributed by atoms with Crippen molar-refractivity contribution in [3.8, 4) is 5.75 Å². The van der Waals surface area contributed by atoms with Crippen molar-refractivity contribution >= 4 is 11.6 Å². The molecule has 0 atom stereocenters. The van der Waals surface area contributed by atoms with Gasteiger partial charge in [0.2, 0.25) is 0 Å². The number of halogens is 1. The second-order valence-electron chi connectivity index (χ2n) is 2.15. The third-order valence-electron chi connectivity index (χ3n) is 1.18. The number of hydrogen-bond donors (Lipinski definition) is 0. The van der Waals surface area contributed by atoms with Crippen LogP contribution in [-0.2, 0) is 0 Å². The van der Waals surface area contributed by atoms with E-state index in [2.05, 4.69) is 0 Å². The SMILES string of the molecule is CC[CH]Oc1cccc(Cl)c1. The zero-order valence-corrected chi connectivity index (χ0v) is 7.14. The van der Waals surface area contributed by atoms with Crippen LogP contribution in [0.3, 0.4) is 0 Å². The molecule has 0 aromatic heterocycles. The van der Waals surface area contributed by atoms with Crippen molar-refractivity contribution in [2.75, 3.05) is 0 Å². The lowest BCUT2D eigenvalue weighted by atomic mass is 10.3. The van der Waals surface area contributed by atoms with E-state index in [1.54, 1.807) is 12.7 Å². The topological polar surface area (TPSA) is 9.23 Å². The van der Waals surface area contributed by atoms with Gasteiger partial charge in [0.1, 0.15) is 12.4 Å². The Morgan fingerprint density at radius 3 is 3.00 bits per heavy atom. The molecule has 11 heavy (non-hydrogen) atoms. The van der Waals surface area contributed by atoms with Gasteiger partial charge in [-0.3, -0.25) is 0 Å². The van der Waals surface area contributed by atoms with Gasteiger partial charge in [0.25, 0.3) is 0 Å². The standard InChI is InChI=1S/C9H10ClO/c1-2-6-11-9-5-3-4-8(10)7-9/h3-7H,2H2,1H3. The van der Waals surface area contributed by atoms with Crippen molar-refractivity contribution in [2.24, 2.45) is 0 Å². The maximum Gasteiger partial charge on any atom is 0.135 e. The van der Waals surface area contributed by atoms with E-state index in [1.807, 2.05) is 25.1 Å². The summed E-state index contributed by atoms with van der Waals surface area (Å²) in [6.45, 7) is 3.76. The summed E-state index contributed by atoms with van der Waals surface area (Å²) in [5.41, 5.74) is 0. The van der Waals surface area contributed by atoms with Crippen LogP contribution in [0.2, 0.25) is 5.02 Å². The van der Waals surface area contributed by atoms with E-state index in [0.29, 0.717) is 5.02 Å². The Labute approximate surface area is 71.9 Å². The lowest BCUT2D eigenvalue weighted by Crippen LogP contribution is -1.86. The van der Waals surface area contributed by atoms with Crippen LogP contribution in [-0.4, -0.2) is 0 Å². The molecule has 0 amide bonds. The molecular formula is C9H10ClO. The summed E-state index contributed by atoms with van der Waals surface area (Å²) < 4.78 is 5.23. The Kier molecular flexibility index (Phi) is 3.24. The van der Waals surface area contributed by atoms with Crippen molar-refractivity contribution in [3.05, 3.63) is 35.9 Å². The summed E-state index contributed by atoms with van der Waals surface area (Å²) >= 11 is 5.73. The summed E-state index contributed by atoms with van der Waals surface area (Å²) in [5.74, 6) is 0.791. The van der Waals surface area contributed by atoms with Crippen LogP contribution in [0.4, 0.5) is 0 Å². The molecular weight excluding hydrogens is 160 g/mol. The molecule has 0 N–H and O–H groups in total. The number of hydrogen-bond acceptors (Lipinski definition) is 1. The third-order valence-corrected chi connectivity index (χ3v) is 1.42. The van der Waals surface area contributed by atoms with E-state index in [1.165, 1.54) is 0 Å². The molecule has 0 aliphatic rings. The lowest BCUT2D eigenvalue weighted by Gasteiger charge is -2.02. The van der Waals surface area contributed by atoms with E-state index < -0.39 is 0 Å². The van der Waals surface area contributed by atoms with Gasteiger partial charge in [0.05, 0.1) is 0 Å². The highest BCUT2D eigenvalue weighted by Crippen LogP contribution is 2.17. The Hall–Kier alpha value is -0.690. The highest BCUT2D eigenvalue weighted by atomic mass is 35.5. The van der Waals surface area contributed by atoms with Gasteiger partial charge in [0.15, 0.2) is 0 Å². The van der Waals surface area contributed by atoms with Crippen LogP contribution < -0.4 is 4.74 Å². The van der Waals surface area contributed by atoms with Crippen molar-refractivity contribution in [1.82, 2.24) is 0 Å². The van der Waals surface area contributed by atoms with E-state index in [0.717, 1.165) is 12.2 Å². The van der Waals surface area contributed by atoms with Crippen molar-refractivity contribution < 1.29 is 4.74 Å². The first-order chi connectivity index (χ1) is 5.33. The average molecular weight is 170 g/mol. The number of rotatable bonds is 3. The fourth-order valence-electron chi connectivity index (χ4n) is 0.720. The molecule has 0 spiro atoms. The fourth-order valence-corrected chi connectivity index (χ4v) is 0.900. The van der Waals surface area contributed by atoms with Crippen LogP contribution >= 0.6 is 11.6 Å². The second-order valence-corrected chi connectivity index (χ2v) is 2.59. The summed E-state index contributed by atoms with van der Waals surface area (Å²) in [7, 11) is 0. The molecule has 0 aliphatic carbocycles. The molecule has 0 saturated carbocycles. The number of benzene rings is 1. The molecule has 1 rings (SSSR count). The predicted octanol–water partition coefficient (Wildman–Crippen LogP) is 3.29. The van der Waals surface area contributed by atoms with Gasteiger partial charge in [0, 0.05) is 5.02 Å². The van der Waals surface area contributed by atoms with Crippen LogP contribution in [0.25, 0.3) is 0 Å². The molecule has 0 saturated heterocycles. The zero-order chi connectivity index (χ0) is 8.10. The molecule has 2 heteroatoms. The van der Waals surface area contributed by atoms with Gasteiger partial charge in [-0.1, -0.05) is 24.6 Å². The summed E-state index contributed by atoms with van der Waals surface area (Å²) in [6.07, 6.45) is 0.895. The van der Waals surface area contributed by atoms with E-state index in [4.69, 9.17) is 16.3 Å². The highest BCUT2D eigenvalue weighted by Gasteiger charge is 1.92. The van der Waals surface area contributed by atoms with Crippen molar-refractivity contribution in [2.45, 2.75) is 13.3 Å². The van der Waals surface area contributed by atoms with Crippen LogP contribution in [0.5, 0.6) is 5.75 Å². The zero-order valence-electron chi connectivity index (χ0n) is 6.38. The minimum Gasteiger partial charge on any atom is -0.487 e. The minimum atomic E-state index is 0.701. The summed E-state index contributed by atoms with van der Waals surface area (Å²) in [4.78, 5) is 0. The molecule has 1 radical (unpaired) electrons. The van der Waals surface area contributed by atoms with Gasteiger partial charge < -0.3 is 4.74 Å². The van der Waals surface area contributed by atoms with Crippen molar-refractivity contribution in [1.29, 1.82) is 0 Å². The maximum absolute atomic E-state index is 5.73. The second kappa shape index (κ2) is 4.24. The first-order valence-electron chi connectivity index (χ1n) is 3.57. The van der Waals surface area contributed by atoms with E-state index in [-0.39, 0.29) is 0 Å². The van der Waals surface area contributed by atoms with Gasteiger partial charge in [-0.25, -0.2) is 0 Å². The molecule has 1 aromatic carbocycles. The Balaban J connectivity index is 2.56. The Morgan fingerprint density at radius 1 is 1.55 bits per heavy atom. The van der Waals surface area contributed by atoms with Gasteiger partial charge in [-0.05, 0) is 24.6 Å². The number of ether oxygens (including phenoxy) is 1. The lowest BCUT2D eigenvalue weighted by molar-refractivity contribution is 0.397. The van der Waals surface area contributed by atoms with Gasteiger partial charge in [-0.15, -0.1) is 0 Å². The van der Waals surface area contributed by atoms with Crippen LogP contribution in [0.1, 0.15) is 13.3 Å². The molecule has 0 bridgehead atoms. The van der Waals surface area contributed by atoms with Gasteiger partial charge in [-0.2, -0.15) is 0 Å². The van der Waals surface area contributed by atoms with Gasteiger partial charge >= 0.3 is 0 Å². The molecule has 0 unspecified atom stereocenters. The molecule has 59 valence electrons. The average Bonchev–Trinajstić information content (AvgIpc) is 2.01. The largest absolute Gasteiger partial charge is 0.487 e. The van der Waals surface area contributed by atoms with E-state index in [9.17, 15) is 0 Å². The molecule has 0 fully saturated rings. The minimum absolute atomic E-state index is 0.701. The molecule has 0 heterocycles. The van der Waals surface area contributed by atoms with Crippen molar-refractivity contribution in [3.63, 3.8) is 0 Å². The van der Waals surface area contributed by atoms with E-state index >= 15 is 0 Å². The summed E-state index contributed by atoms with van der Waals surface area (Å²) in [5, 5.41) is 0.701. The predicted molar refractivity (Wildman–Crippen MR) is 46.7 cm³/mol. The highest BCUT2D eigenvalue weighted by molar-refractivity contribution is 6.30. The van der Waals surface area contributed by atoms with Crippen LogP contribution in [0.15, 0.2) is 24.3 Å². The summed E-state index contributed by atoms with van der Waals surface area (Å²) in [6, 6.07) is 7.34. The first-order valence-corrected chi connectivity index (χ1v) is 3.94. The maximum atomic E-state index is 5.73. The monoisotopic (exact) mass is 169 g/mol. The smallest absolute Gasteiger partial charge is 0.135 e. The quantitative estimate of drug-likeness (QED) is 0.675. The molecule has 1 aromatic rings. The first kappa shape index (κ1) is 8.41. The third kappa shape index (κ3) is 2.81. The Morgan fingerprint density at radius 2 is 2.36 bits per heavy atom. The fraction of sp³-hybridized carbons (Fsp3) is 0.222. The van der Waals surface area contributed by atoms with Crippen LogP contribution in [0, 0.1) is 6.61 Å².